The van der Waals surface area contributed by atoms with E-state index in [0.29, 0.717) is 33.2 Å². The van der Waals surface area contributed by atoms with Crippen LogP contribution in [0.3, 0.4) is 0 Å². The standard InChI is InChI=1S/C26H19ClF4N6O/c1-14-24(15(2)36(34-14)13-16-3-7-18(27)8-4-16)33-25(38)21-12-23-32-20(17-5-9-19(28)10-6-17)11-22(26(29,30)31)37(23)35-21/h3-12H,13H2,1-2H3,(H,33,38). The number of amides is 1. The van der Waals surface area contributed by atoms with Crippen molar-refractivity contribution in [1.82, 2.24) is 24.4 Å². The molecule has 0 aliphatic heterocycles. The van der Waals surface area contributed by atoms with Gasteiger partial charge in [0.1, 0.15) is 5.82 Å². The molecule has 0 radical (unpaired) electrons. The van der Waals surface area contributed by atoms with Gasteiger partial charge in [-0.3, -0.25) is 9.48 Å². The molecular weight excluding hydrogens is 524 g/mol. The number of aromatic nitrogens is 5. The van der Waals surface area contributed by atoms with Crippen LogP contribution >= 0.6 is 11.6 Å². The molecule has 0 bridgehead atoms. The zero-order valence-electron chi connectivity index (χ0n) is 20.0. The Bertz CT molecular complexity index is 1660. The van der Waals surface area contributed by atoms with Gasteiger partial charge in [0.2, 0.25) is 0 Å². The Kier molecular flexibility index (Phi) is 6.39. The molecule has 2 aromatic carbocycles. The predicted molar refractivity (Wildman–Crippen MR) is 134 cm³/mol. The van der Waals surface area contributed by atoms with Crippen LogP contribution in [-0.4, -0.2) is 30.3 Å². The summed E-state index contributed by atoms with van der Waals surface area (Å²) in [5.74, 6) is -1.25. The summed E-state index contributed by atoms with van der Waals surface area (Å²) in [6.07, 6.45) is -4.79. The number of carbonyl (C=O) groups is 1. The Balaban J connectivity index is 1.47. The predicted octanol–water partition coefficient (Wildman–Crippen LogP) is 6.32. The molecule has 5 aromatic rings. The van der Waals surface area contributed by atoms with Crippen LogP contribution in [0, 0.1) is 19.7 Å². The highest BCUT2D eigenvalue weighted by Crippen LogP contribution is 2.32. The minimum Gasteiger partial charge on any atom is -0.317 e. The van der Waals surface area contributed by atoms with Crippen molar-refractivity contribution in [2.75, 3.05) is 5.32 Å². The summed E-state index contributed by atoms with van der Waals surface area (Å²) >= 11 is 5.94. The highest BCUT2D eigenvalue weighted by molar-refractivity contribution is 6.30. The van der Waals surface area contributed by atoms with Gasteiger partial charge < -0.3 is 5.32 Å². The molecule has 1 N–H and O–H groups in total. The van der Waals surface area contributed by atoms with Crippen molar-refractivity contribution in [2.24, 2.45) is 0 Å². The molecule has 3 heterocycles. The van der Waals surface area contributed by atoms with Crippen molar-refractivity contribution >= 4 is 28.8 Å². The van der Waals surface area contributed by atoms with Gasteiger partial charge in [-0.15, -0.1) is 0 Å². The lowest BCUT2D eigenvalue weighted by Gasteiger charge is -2.11. The molecule has 0 unspecified atom stereocenters. The van der Waals surface area contributed by atoms with Gasteiger partial charge >= 0.3 is 6.18 Å². The fourth-order valence-electron chi connectivity index (χ4n) is 4.03. The molecule has 0 fully saturated rings. The van der Waals surface area contributed by atoms with Crippen molar-refractivity contribution in [3.63, 3.8) is 0 Å². The molecule has 0 atom stereocenters. The highest BCUT2D eigenvalue weighted by Gasteiger charge is 2.35. The fraction of sp³-hybridized carbons (Fsp3) is 0.154. The summed E-state index contributed by atoms with van der Waals surface area (Å²) < 4.78 is 57.2. The summed E-state index contributed by atoms with van der Waals surface area (Å²) in [4.78, 5) is 17.3. The summed E-state index contributed by atoms with van der Waals surface area (Å²) in [6.45, 7) is 3.91. The second kappa shape index (κ2) is 9.56. The number of nitrogens with one attached hydrogen (secondary N) is 1. The maximum absolute atomic E-state index is 13.9. The second-order valence-electron chi connectivity index (χ2n) is 8.61. The Morgan fingerprint density at radius 1 is 1.00 bits per heavy atom. The number of nitrogens with zero attached hydrogens (tertiary/aromatic N) is 5. The summed E-state index contributed by atoms with van der Waals surface area (Å²) in [6, 6.07) is 14.1. The van der Waals surface area contributed by atoms with E-state index in [-0.39, 0.29) is 22.6 Å². The average molecular weight is 543 g/mol. The van der Waals surface area contributed by atoms with Gasteiger partial charge in [-0.25, -0.2) is 13.9 Å². The van der Waals surface area contributed by atoms with E-state index < -0.39 is 23.6 Å². The number of anilines is 1. The maximum atomic E-state index is 13.9. The highest BCUT2D eigenvalue weighted by atomic mass is 35.5. The van der Waals surface area contributed by atoms with Crippen LogP contribution in [0.2, 0.25) is 5.02 Å². The van der Waals surface area contributed by atoms with Crippen LogP contribution < -0.4 is 5.32 Å². The Labute approximate surface area is 218 Å². The van der Waals surface area contributed by atoms with Gasteiger partial charge in [-0.1, -0.05) is 23.7 Å². The molecule has 3 aromatic heterocycles. The van der Waals surface area contributed by atoms with E-state index in [1.165, 1.54) is 18.2 Å². The normalized spacial score (nSPS) is 11.8. The van der Waals surface area contributed by atoms with Gasteiger partial charge in [0.05, 0.1) is 29.3 Å². The number of hydrogen-bond acceptors (Lipinski definition) is 4. The summed E-state index contributed by atoms with van der Waals surface area (Å²) in [5, 5.41) is 11.7. The molecule has 0 aliphatic rings. The molecule has 0 saturated heterocycles. The van der Waals surface area contributed by atoms with Gasteiger partial charge in [-0.05, 0) is 61.9 Å². The molecule has 0 spiro atoms. The lowest BCUT2D eigenvalue weighted by Crippen LogP contribution is -2.16. The van der Waals surface area contributed by atoms with Gasteiger partial charge in [0.25, 0.3) is 5.91 Å². The van der Waals surface area contributed by atoms with E-state index in [1.807, 2.05) is 12.1 Å². The van der Waals surface area contributed by atoms with Crippen LogP contribution in [0.1, 0.15) is 33.1 Å². The fourth-order valence-corrected chi connectivity index (χ4v) is 4.15. The van der Waals surface area contributed by atoms with Crippen LogP contribution in [0.4, 0.5) is 23.2 Å². The summed E-state index contributed by atoms with van der Waals surface area (Å²) in [7, 11) is 0. The number of aryl methyl sites for hydroxylation is 1. The van der Waals surface area contributed by atoms with Crippen molar-refractivity contribution in [1.29, 1.82) is 0 Å². The van der Waals surface area contributed by atoms with Crippen molar-refractivity contribution in [2.45, 2.75) is 26.6 Å². The maximum Gasteiger partial charge on any atom is 0.433 e. The quantitative estimate of drug-likeness (QED) is 0.264. The van der Waals surface area contributed by atoms with E-state index in [2.05, 4.69) is 20.5 Å². The number of hydrogen-bond donors (Lipinski definition) is 1. The molecule has 0 saturated carbocycles. The first-order valence-corrected chi connectivity index (χ1v) is 11.7. The first-order chi connectivity index (χ1) is 18.0. The van der Waals surface area contributed by atoms with E-state index >= 15 is 0 Å². The van der Waals surface area contributed by atoms with Crippen molar-refractivity contribution in [3.8, 4) is 11.3 Å². The van der Waals surface area contributed by atoms with Crippen molar-refractivity contribution < 1.29 is 22.4 Å². The average Bonchev–Trinajstić information content (AvgIpc) is 3.41. The Morgan fingerprint density at radius 2 is 1.68 bits per heavy atom. The molecular formula is C26H19ClF4N6O. The third kappa shape index (κ3) is 4.97. The van der Waals surface area contributed by atoms with E-state index in [1.54, 1.807) is 30.7 Å². The molecule has 7 nitrogen and oxygen atoms in total. The largest absolute Gasteiger partial charge is 0.433 e. The number of fused-ring (bicyclic) bond motifs is 1. The molecule has 1 amide bonds. The minimum atomic E-state index is -4.79. The van der Waals surface area contributed by atoms with Crippen molar-refractivity contribution in [3.05, 3.63) is 99.8 Å². The first kappa shape index (κ1) is 25.4. The zero-order valence-corrected chi connectivity index (χ0v) is 20.8. The number of rotatable bonds is 5. The van der Waals surface area contributed by atoms with E-state index in [0.717, 1.165) is 23.8 Å². The van der Waals surface area contributed by atoms with Crippen LogP contribution in [0.15, 0.2) is 60.7 Å². The smallest absolute Gasteiger partial charge is 0.317 e. The summed E-state index contributed by atoms with van der Waals surface area (Å²) in [5.41, 5.74) is 1.24. The number of alkyl halides is 3. The molecule has 38 heavy (non-hydrogen) atoms. The Morgan fingerprint density at radius 3 is 2.34 bits per heavy atom. The number of carbonyl (C=O) groups excluding carboxylic acids is 1. The number of benzene rings is 2. The minimum absolute atomic E-state index is 0.0353. The van der Waals surface area contributed by atoms with Crippen LogP contribution in [-0.2, 0) is 12.7 Å². The second-order valence-corrected chi connectivity index (χ2v) is 9.05. The van der Waals surface area contributed by atoms with E-state index in [4.69, 9.17) is 11.6 Å². The monoisotopic (exact) mass is 542 g/mol. The van der Waals surface area contributed by atoms with Crippen LogP contribution in [0.5, 0.6) is 0 Å². The van der Waals surface area contributed by atoms with Gasteiger partial charge in [0.15, 0.2) is 17.0 Å². The Hall–Kier alpha value is -4.25. The molecule has 5 rings (SSSR count). The third-order valence-electron chi connectivity index (χ3n) is 5.96. The van der Waals surface area contributed by atoms with E-state index in [9.17, 15) is 22.4 Å². The number of halogens is 5. The van der Waals surface area contributed by atoms with Gasteiger partial charge in [0, 0.05) is 16.7 Å². The topological polar surface area (TPSA) is 77.1 Å². The van der Waals surface area contributed by atoms with Gasteiger partial charge in [-0.2, -0.15) is 23.4 Å². The lowest BCUT2D eigenvalue weighted by molar-refractivity contribution is -0.142. The molecule has 0 aliphatic carbocycles. The third-order valence-corrected chi connectivity index (χ3v) is 6.21. The first-order valence-electron chi connectivity index (χ1n) is 11.3. The lowest BCUT2D eigenvalue weighted by atomic mass is 10.1. The molecule has 194 valence electrons. The van der Waals surface area contributed by atoms with Crippen LogP contribution in [0.25, 0.3) is 16.9 Å². The molecule has 12 heteroatoms. The zero-order chi connectivity index (χ0) is 27.2. The SMILES string of the molecule is Cc1nn(Cc2ccc(Cl)cc2)c(C)c1NC(=O)c1cc2nc(-c3ccc(F)cc3)cc(C(F)(F)F)n2n1.